The van der Waals surface area contributed by atoms with Gasteiger partial charge in [0, 0.05) is 35.2 Å². The van der Waals surface area contributed by atoms with Gasteiger partial charge in [-0.3, -0.25) is 0 Å². The van der Waals surface area contributed by atoms with Gasteiger partial charge < -0.3 is 19.0 Å². The van der Waals surface area contributed by atoms with Crippen LogP contribution in [0.3, 0.4) is 0 Å². The summed E-state index contributed by atoms with van der Waals surface area (Å²) in [6.45, 7) is 7.97. The molecule has 0 aromatic rings. The van der Waals surface area contributed by atoms with Gasteiger partial charge in [-0.15, -0.1) is 0 Å². The predicted octanol–water partition coefficient (Wildman–Crippen LogP) is 0.0751. The van der Waals surface area contributed by atoms with E-state index < -0.39 is 8.80 Å². The van der Waals surface area contributed by atoms with E-state index in [1.54, 1.807) is 0 Å². The zero-order valence-corrected chi connectivity index (χ0v) is 13.4. The quantitative estimate of drug-likeness (QED) is 0.590. The van der Waals surface area contributed by atoms with Crippen LogP contribution in [0, 0.1) is 0 Å². The predicted molar refractivity (Wildman–Crippen MR) is 68.0 cm³/mol. The number of hydrogen-bond acceptors (Lipinski definition) is 4. The van der Waals surface area contributed by atoms with E-state index in [4.69, 9.17) is 19.0 Å². The molecule has 0 rings (SSSR count). The van der Waals surface area contributed by atoms with Gasteiger partial charge in [0.25, 0.3) is 0 Å². The van der Waals surface area contributed by atoms with Crippen LogP contribution in [0.2, 0.25) is 6.04 Å². The lowest BCUT2D eigenvalue weighted by atomic mass is 10.5. The molecular weight excluding hydrogens is 226 g/mol. The fourth-order valence-corrected chi connectivity index (χ4v) is 5.37. The average molecular weight is 251 g/mol. The summed E-state index contributed by atoms with van der Waals surface area (Å²) in [7, 11) is -1.43. The van der Waals surface area contributed by atoms with Crippen LogP contribution >= 0.6 is 0 Å². The first-order chi connectivity index (χ1) is 7.10. The van der Waals surface area contributed by atoms with Crippen LogP contribution in [0.4, 0.5) is 0 Å². The molecule has 0 bridgehead atoms. The second kappa shape index (κ2) is 8.43. The van der Waals surface area contributed by atoms with Crippen molar-refractivity contribution in [2.45, 2.75) is 39.0 Å². The minimum absolute atomic E-state index is 0.271. The lowest BCUT2D eigenvalue weighted by Gasteiger charge is -2.30. The highest BCUT2D eigenvalue weighted by atomic mass is 28.4. The first-order valence-corrected chi connectivity index (χ1v) is 8.84. The summed E-state index contributed by atoms with van der Waals surface area (Å²) in [5.41, 5.74) is 5.79. The zero-order chi connectivity index (χ0) is 11.7. The molecule has 0 saturated carbocycles. The summed E-state index contributed by atoms with van der Waals surface area (Å²) in [5, 5.41) is 0. The lowest BCUT2D eigenvalue weighted by molar-refractivity contribution is 0.0604. The van der Waals surface area contributed by atoms with Crippen LogP contribution in [-0.4, -0.2) is 44.5 Å². The normalized spacial score (nSPS) is 14.4. The van der Waals surface area contributed by atoms with Crippen molar-refractivity contribution in [2.24, 2.45) is 5.73 Å². The van der Waals surface area contributed by atoms with E-state index in [9.17, 15) is 0 Å². The first-order valence-electron chi connectivity index (χ1n) is 5.76. The number of rotatable bonds is 9. The molecule has 4 nitrogen and oxygen atoms in total. The maximum Gasteiger partial charge on any atom is 0.500 e. The van der Waals surface area contributed by atoms with Crippen molar-refractivity contribution in [1.29, 1.82) is 0 Å². The molecule has 0 aromatic carbocycles. The summed E-state index contributed by atoms with van der Waals surface area (Å²) in [5.74, 6) is 0. The standard InChI is InChI=1S/C9H25NO3Si2/c1-4-11-15(12-5-2,8-6-7-10)13-9(3)14/h9H,4-8,10H2,1-3,14H3. The van der Waals surface area contributed by atoms with Crippen molar-refractivity contribution in [2.75, 3.05) is 19.8 Å². The second-order valence-corrected chi connectivity index (χ2v) is 7.91. The van der Waals surface area contributed by atoms with Gasteiger partial charge in [0.2, 0.25) is 0 Å². The van der Waals surface area contributed by atoms with Crippen LogP contribution in [0.1, 0.15) is 27.2 Å². The fourth-order valence-electron chi connectivity index (χ4n) is 1.43. The molecule has 0 amide bonds. The Morgan fingerprint density at radius 1 is 1.27 bits per heavy atom. The summed E-state index contributed by atoms with van der Waals surface area (Å²) in [6.07, 6.45) is 0.903. The number of hydrogen-bond donors (Lipinski definition) is 1. The van der Waals surface area contributed by atoms with Crippen LogP contribution in [0.15, 0.2) is 0 Å². The third-order valence-electron chi connectivity index (χ3n) is 1.83. The Bertz CT molecular complexity index is 152. The summed E-state index contributed by atoms with van der Waals surface area (Å²) >= 11 is 0. The van der Waals surface area contributed by atoms with Gasteiger partial charge in [-0.05, 0) is 33.7 Å². The maximum atomic E-state index is 5.92. The van der Waals surface area contributed by atoms with E-state index in [-0.39, 0.29) is 5.73 Å². The Balaban J connectivity index is 4.40. The summed E-state index contributed by atoms with van der Waals surface area (Å²) in [6, 6.07) is 0.831. The molecule has 0 aliphatic heterocycles. The van der Waals surface area contributed by atoms with Crippen LogP contribution in [0.5, 0.6) is 0 Å². The van der Waals surface area contributed by atoms with Gasteiger partial charge in [-0.25, -0.2) is 0 Å². The monoisotopic (exact) mass is 251 g/mol. The van der Waals surface area contributed by atoms with E-state index in [2.05, 4.69) is 6.92 Å². The zero-order valence-electron chi connectivity index (χ0n) is 10.4. The Hall–Kier alpha value is 0.274. The van der Waals surface area contributed by atoms with Gasteiger partial charge in [0.05, 0.1) is 0 Å². The van der Waals surface area contributed by atoms with Crippen molar-refractivity contribution < 1.29 is 13.3 Å². The second-order valence-electron chi connectivity index (χ2n) is 3.61. The highest BCUT2D eigenvalue weighted by molar-refractivity contribution is 6.61. The molecule has 0 aliphatic rings. The Labute approximate surface area is 97.3 Å². The topological polar surface area (TPSA) is 53.7 Å². The van der Waals surface area contributed by atoms with E-state index >= 15 is 0 Å². The van der Waals surface area contributed by atoms with Crippen LogP contribution in [-0.2, 0) is 13.3 Å². The van der Waals surface area contributed by atoms with Crippen LogP contribution in [0.25, 0.3) is 0 Å². The third kappa shape index (κ3) is 6.44. The Kier molecular flexibility index (Phi) is 8.58. The van der Waals surface area contributed by atoms with Crippen molar-refractivity contribution in [3.05, 3.63) is 0 Å². The number of nitrogens with two attached hydrogens (primary N) is 1. The summed E-state index contributed by atoms with van der Waals surface area (Å²) in [4.78, 5) is 0. The molecule has 0 fully saturated rings. The van der Waals surface area contributed by atoms with E-state index in [0.717, 1.165) is 22.7 Å². The SMILES string of the molecule is CCO[Si](CCCN)(OCC)OC(C)[SiH3]. The van der Waals surface area contributed by atoms with Crippen molar-refractivity contribution >= 4 is 19.0 Å². The summed E-state index contributed by atoms with van der Waals surface area (Å²) < 4.78 is 17.4. The van der Waals surface area contributed by atoms with Gasteiger partial charge in [0.15, 0.2) is 0 Å². The molecular formula is C9H25NO3Si2. The first kappa shape index (κ1) is 15.3. The van der Waals surface area contributed by atoms with E-state index in [1.807, 2.05) is 13.8 Å². The van der Waals surface area contributed by atoms with E-state index in [0.29, 0.717) is 19.8 Å². The van der Waals surface area contributed by atoms with Crippen LogP contribution < -0.4 is 5.73 Å². The minimum atomic E-state index is -2.42. The van der Waals surface area contributed by atoms with Crippen molar-refractivity contribution in [3.8, 4) is 0 Å². The van der Waals surface area contributed by atoms with Gasteiger partial charge in [0.1, 0.15) is 0 Å². The van der Waals surface area contributed by atoms with Gasteiger partial charge in [-0.2, -0.15) is 0 Å². The smallest absolute Gasteiger partial charge is 0.375 e. The van der Waals surface area contributed by atoms with Gasteiger partial charge in [-0.1, -0.05) is 0 Å². The molecule has 1 atom stereocenters. The fraction of sp³-hybridized carbons (Fsp3) is 1.00. The Morgan fingerprint density at radius 3 is 2.13 bits per heavy atom. The largest absolute Gasteiger partial charge is 0.500 e. The third-order valence-corrected chi connectivity index (χ3v) is 5.79. The molecule has 0 aromatic heterocycles. The highest BCUT2D eigenvalue weighted by Crippen LogP contribution is 2.18. The maximum absolute atomic E-state index is 5.92. The highest BCUT2D eigenvalue weighted by Gasteiger charge is 2.40. The average Bonchev–Trinajstić information content (AvgIpc) is 2.14. The molecule has 0 radical (unpaired) electrons. The molecule has 92 valence electrons. The van der Waals surface area contributed by atoms with Gasteiger partial charge >= 0.3 is 8.80 Å². The Morgan fingerprint density at radius 2 is 1.80 bits per heavy atom. The molecule has 6 heteroatoms. The molecule has 0 saturated heterocycles. The molecule has 0 spiro atoms. The van der Waals surface area contributed by atoms with E-state index in [1.165, 1.54) is 0 Å². The van der Waals surface area contributed by atoms with Crippen molar-refractivity contribution in [3.63, 3.8) is 0 Å². The van der Waals surface area contributed by atoms with Crippen molar-refractivity contribution in [1.82, 2.24) is 0 Å². The molecule has 2 N–H and O–H groups in total. The molecule has 15 heavy (non-hydrogen) atoms. The molecule has 0 heterocycles. The molecule has 1 unspecified atom stereocenters. The minimum Gasteiger partial charge on any atom is -0.375 e. The molecule has 0 aliphatic carbocycles. The lowest BCUT2D eigenvalue weighted by Crippen LogP contribution is -2.48.